The van der Waals surface area contributed by atoms with Gasteiger partial charge in [0.25, 0.3) is 0 Å². The summed E-state index contributed by atoms with van der Waals surface area (Å²) in [6, 6.07) is 6.61. The van der Waals surface area contributed by atoms with Gasteiger partial charge in [-0.05, 0) is 6.92 Å². The molecule has 0 spiro atoms. The molecule has 1 aromatic rings. The Labute approximate surface area is 158 Å². The zero-order valence-corrected chi connectivity index (χ0v) is 15.0. The van der Waals surface area contributed by atoms with Crippen molar-refractivity contribution in [2.75, 3.05) is 13.2 Å². The number of halogens is 3. The molecule has 0 fully saturated rings. The van der Waals surface area contributed by atoms with E-state index in [0.29, 0.717) is 0 Å². The number of alkyl halides is 3. The lowest BCUT2D eigenvalue weighted by Gasteiger charge is -2.09. The Morgan fingerprint density at radius 1 is 1.00 bits per heavy atom. The molecule has 0 bridgehead atoms. The third-order valence-corrected chi connectivity index (χ3v) is 3.02. The first kappa shape index (κ1) is 22.9. The van der Waals surface area contributed by atoms with E-state index in [9.17, 15) is 27.6 Å². The molecule has 1 rings (SSSR count). The van der Waals surface area contributed by atoms with Crippen LogP contribution in [0.2, 0.25) is 0 Å². The van der Waals surface area contributed by atoms with Gasteiger partial charge < -0.3 is 14.3 Å². The molecule has 7 nitrogen and oxygen atoms in total. The molecule has 0 heterocycles. The molecule has 0 N–H and O–H groups in total. The summed E-state index contributed by atoms with van der Waals surface area (Å²) in [5, 5.41) is 2.88. The van der Waals surface area contributed by atoms with Crippen LogP contribution in [0, 0.1) is 0 Å². The van der Waals surface area contributed by atoms with Gasteiger partial charge in [-0.1, -0.05) is 42.1 Å². The van der Waals surface area contributed by atoms with Crippen LogP contribution in [0.3, 0.4) is 0 Å². The van der Waals surface area contributed by atoms with Crippen LogP contribution in [0.5, 0.6) is 0 Å². The topological polar surface area (TPSA) is 91.3 Å². The maximum atomic E-state index is 13.0. The Balaban J connectivity index is 2.44. The Bertz CT molecular complexity index is 743. The van der Waals surface area contributed by atoms with Gasteiger partial charge in [-0.3, -0.25) is 4.79 Å². The minimum absolute atomic E-state index is 0.184. The van der Waals surface area contributed by atoms with Crippen molar-refractivity contribution in [2.45, 2.75) is 25.9 Å². The Hall–Kier alpha value is -3.17. The Morgan fingerprint density at radius 3 is 2.14 bits per heavy atom. The number of carbonyl (C=O) groups is 3. The molecule has 0 aliphatic carbocycles. The molecule has 0 aliphatic rings. The maximum absolute atomic E-state index is 13.0. The molecule has 0 aliphatic heterocycles. The molecule has 0 atom stereocenters. The van der Waals surface area contributed by atoms with Gasteiger partial charge in [-0.2, -0.15) is 13.2 Å². The number of ether oxygens (including phenoxy) is 2. The summed E-state index contributed by atoms with van der Waals surface area (Å²) in [5.41, 5.74) is -1.46. The first-order valence-electron chi connectivity index (χ1n) is 8.00. The second-order valence-corrected chi connectivity index (χ2v) is 5.40. The minimum Gasteiger partial charge on any atom is -0.462 e. The predicted octanol–water partition coefficient (Wildman–Crippen LogP) is 2.94. The summed E-state index contributed by atoms with van der Waals surface area (Å²) in [7, 11) is 0. The van der Waals surface area contributed by atoms with E-state index >= 15 is 0 Å². The number of rotatable bonds is 9. The van der Waals surface area contributed by atoms with Gasteiger partial charge in [-0.15, -0.1) is 0 Å². The van der Waals surface area contributed by atoms with Crippen molar-refractivity contribution >= 4 is 23.6 Å². The fourth-order valence-corrected chi connectivity index (χ4v) is 1.70. The van der Waals surface area contributed by atoms with E-state index in [-0.39, 0.29) is 24.4 Å². The summed E-state index contributed by atoms with van der Waals surface area (Å²) in [5.74, 6) is -2.59. The maximum Gasteiger partial charge on any atom is 0.437 e. The molecular weight excluding hydrogens is 383 g/mol. The molecule has 28 heavy (non-hydrogen) atoms. The number of esters is 2. The summed E-state index contributed by atoms with van der Waals surface area (Å²) < 4.78 is 48.4. The highest BCUT2D eigenvalue weighted by molar-refractivity contribution is 6.04. The third kappa shape index (κ3) is 8.47. The molecule has 0 radical (unpaired) electrons. The van der Waals surface area contributed by atoms with Crippen LogP contribution < -0.4 is 0 Å². The molecule has 0 saturated carbocycles. The highest BCUT2D eigenvalue weighted by Gasteiger charge is 2.38. The molecule has 1 aromatic carbocycles. The van der Waals surface area contributed by atoms with Crippen LogP contribution in [0.15, 0.2) is 47.6 Å². The highest BCUT2D eigenvalue weighted by atomic mass is 19.4. The number of hydrogen-bond acceptors (Lipinski definition) is 7. The molecule has 0 saturated heterocycles. The van der Waals surface area contributed by atoms with Crippen molar-refractivity contribution < 1.29 is 41.9 Å². The van der Waals surface area contributed by atoms with Crippen LogP contribution in [-0.4, -0.2) is 43.0 Å². The molecule has 0 amide bonds. The lowest BCUT2D eigenvalue weighted by molar-refractivity contribution is -0.153. The van der Waals surface area contributed by atoms with Gasteiger partial charge in [0, 0.05) is 11.1 Å². The summed E-state index contributed by atoms with van der Waals surface area (Å²) in [6.45, 7) is 4.38. The lowest BCUT2D eigenvalue weighted by atomic mass is 10.1. The molecule has 0 aromatic heterocycles. The number of hydrogen-bond donors (Lipinski definition) is 0. The molecule has 152 valence electrons. The molecule has 10 heteroatoms. The third-order valence-electron chi connectivity index (χ3n) is 3.02. The standard InChI is InChI=1S/C18H18F3NO6/c1-12(2)17(25)27-11-10-26-14(23)8-9-15(24)28-22-16(18(19,20)21)13-6-4-3-5-7-13/h3-7H,1,8-11H2,2H3. The number of carbonyl (C=O) groups excluding carboxylic acids is 3. The van der Waals surface area contributed by atoms with Gasteiger partial charge in [0.15, 0.2) is 5.71 Å². The van der Waals surface area contributed by atoms with Gasteiger partial charge in [0.1, 0.15) is 13.2 Å². The summed E-state index contributed by atoms with van der Waals surface area (Å²) >= 11 is 0. The Kier molecular flexibility index (Phi) is 8.86. The molecule has 0 unspecified atom stereocenters. The predicted molar refractivity (Wildman–Crippen MR) is 91.1 cm³/mol. The van der Waals surface area contributed by atoms with Gasteiger partial charge in [-0.25, -0.2) is 9.59 Å². The highest BCUT2D eigenvalue weighted by Crippen LogP contribution is 2.22. The average molecular weight is 401 g/mol. The van der Waals surface area contributed by atoms with Crippen molar-refractivity contribution in [3.05, 3.63) is 48.0 Å². The summed E-state index contributed by atoms with van der Waals surface area (Å²) in [4.78, 5) is 38.3. The van der Waals surface area contributed by atoms with E-state index in [1.807, 2.05) is 0 Å². The summed E-state index contributed by atoms with van der Waals surface area (Å²) in [6.07, 6.45) is -5.80. The van der Waals surface area contributed by atoms with E-state index in [0.717, 1.165) is 12.1 Å². The van der Waals surface area contributed by atoms with Crippen LogP contribution >= 0.6 is 0 Å². The minimum atomic E-state index is -4.83. The van der Waals surface area contributed by atoms with Crippen LogP contribution in [-0.2, 0) is 28.7 Å². The lowest BCUT2D eigenvalue weighted by Crippen LogP contribution is -2.25. The van der Waals surface area contributed by atoms with Crippen molar-refractivity contribution in [1.82, 2.24) is 0 Å². The zero-order chi connectivity index (χ0) is 21.2. The van der Waals surface area contributed by atoms with Crippen molar-refractivity contribution in [3.63, 3.8) is 0 Å². The first-order valence-corrected chi connectivity index (χ1v) is 8.00. The van der Waals surface area contributed by atoms with E-state index in [2.05, 4.69) is 21.3 Å². The normalized spacial score (nSPS) is 11.5. The molecular formula is C18H18F3NO6. The average Bonchev–Trinajstić information content (AvgIpc) is 2.63. The van der Waals surface area contributed by atoms with Crippen LogP contribution in [0.25, 0.3) is 0 Å². The fourth-order valence-electron chi connectivity index (χ4n) is 1.70. The van der Waals surface area contributed by atoms with E-state index in [1.54, 1.807) is 0 Å². The van der Waals surface area contributed by atoms with E-state index < -0.39 is 42.6 Å². The monoisotopic (exact) mass is 401 g/mol. The second kappa shape index (κ2) is 10.9. The number of benzene rings is 1. The Morgan fingerprint density at radius 2 is 1.57 bits per heavy atom. The van der Waals surface area contributed by atoms with E-state index in [1.165, 1.54) is 25.1 Å². The fraction of sp³-hybridized carbons (Fsp3) is 0.333. The second-order valence-electron chi connectivity index (χ2n) is 5.40. The zero-order valence-electron chi connectivity index (χ0n) is 15.0. The first-order chi connectivity index (χ1) is 13.1. The largest absolute Gasteiger partial charge is 0.462 e. The number of oxime groups is 1. The van der Waals surface area contributed by atoms with Gasteiger partial charge in [0.05, 0.1) is 12.8 Å². The van der Waals surface area contributed by atoms with Crippen molar-refractivity contribution in [2.24, 2.45) is 5.16 Å². The SMILES string of the molecule is C=C(C)C(=O)OCCOC(=O)CCC(=O)ON=C(c1ccccc1)C(F)(F)F. The van der Waals surface area contributed by atoms with Crippen molar-refractivity contribution in [1.29, 1.82) is 0 Å². The van der Waals surface area contributed by atoms with Crippen LogP contribution in [0.1, 0.15) is 25.3 Å². The number of nitrogens with zero attached hydrogens (tertiary/aromatic N) is 1. The van der Waals surface area contributed by atoms with E-state index in [4.69, 9.17) is 4.74 Å². The van der Waals surface area contributed by atoms with Crippen molar-refractivity contribution in [3.8, 4) is 0 Å². The van der Waals surface area contributed by atoms with Gasteiger partial charge in [0.2, 0.25) is 0 Å². The quantitative estimate of drug-likeness (QED) is 0.158. The van der Waals surface area contributed by atoms with Gasteiger partial charge >= 0.3 is 24.1 Å². The smallest absolute Gasteiger partial charge is 0.437 e. The van der Waals surface area contributed by atoms with Crippen LogP contribution in [0.4, 0.5) is 13.2 Å².